The van der Waals surface area contributed by atoms with Gasteiger partial charge in [0.25, 0.3) is 5.91 Å². The molecule has 0 aromatic carbocycles. The van der Waals surface area contributed by atoms with Crippen LogP contribution >= 0.6 is 0 Å². The van der Waals surface area contributed by atoms with Gasteiger partial charge in [-0.3, -0.25) is 9.78 Å². The zero-order chi connectivity index (χ0) is 14.4. The Bertz CT molecular complexity index is 485. The molecule has 0 atom stereocenters. The van der Waals surface area contributed by atoms with E-state index in [1.165, 1.54) is 18.5 Å². The van der Waals surface area contributed by atoms with Gasteiger partial charge in [0.1, 0.15) is 5.75 Å². The van der Waals surface area contributed by atoms with Crippen LogP contribution in [0.3, 0.4) is 0 Å². The molecule has 1 aromatic rings. The summed E-state index contributed by atoms with van der Waals surface area (Å²) in [6, 6.07) is 1.44. The molecular weight excluding hydrogens is 264 g/mol. The fraction of sp³-hybridized carbons (Fsp3) is 0.462. The Kier molecular flexibility index (Phi) is 4.89. The molecule has 2 rings (SSSR count). The van der Waals surface area contributed by atoms with Crippen LogP contribution in [0, 0.1) is 0 Å². The van der Waals surface area contributed by atoms with Gasteiger partial charge in [0.2, 0.25) is 0 Å². The Morgan fingerprint density at radius 2 is 2.15 bits per heavy atom. The van der Waals surface area contributed by atoms with Crippen LogP contribution in [0.4, 0.5) is 0 Å². The largest absolute Gasteiger partial charge is 0.482 e. The summed E-state index contributed by atoms with van der Waals surface area (Å²) >= 11 is 0. The first-order valence-corrected chi connectivity index (χ1v) is 6.33. The number of aromatic nitrogens is 1. The normalized spacial score (nSPS) is 15.6. The number of nitrogens with one attached hydrogen (secondary N) is 1. The fourth-order valence-corrected chi connectivity index (χ4v) is 1.87. The number of hydrogen-bond donors (Lipinski definition) is 2. The molecule has 0 spiro atoms. The Hall–Kier alpha value is -2.15. The first-order chi connectivity index (χ1) is 9.65. The lowest BCUT2D eigenvalue weighted by Crippen LogP contribution is -2.41. The van der Waals surface area contributed by atoms with E-state index in [1.54, 1.807) is 0 Å². The number of aromatic carboxylic acids is 1. The Labute approximate surface area is 115 Å². The third-order valence-corrected chi connectivity index (χ3v) is 2.92. The molecule has 0 aliphatic carbocycles. The highest BCUT2D eigenvalue weighted by molar-refractivity contribution is 5.87. The van der Waals surface area contributed by atoms with Gasteiger partial charge in [0.05, 0.1) is 11.8 Å². The summed E-state index contributed by atoms with van der Waals surface area (Å²) in [7, 11) is 0. The van der Waals surface area contributed by atoms with Crippen LogP contribution in [0.1, 0.15) is 23.2 Å². The third-order valence-electron chi connectivity index (χ3n) is 2.92. The van der Waals surface area contributed by atoms with E-state index in [2.05, 4.69) is 10.3 Å². The maximum absolute atomic E-state index is 11.7. The van der Waals surface area contributed by atoms with Crippen molar-refractivity contribution in [2.24, 2.45) is 0 Å². The molecule has 1 saturated heterocycles. The van der Waals surface area contributed by atoms with Crippen molar-refractivity contribution in [3.63, 3.8) is 0 Å². The van der Waals surface area contributed by atoms with Gasteiger partial charge in [-0.15, -0.1) is 0 Å². The van der Waals surface area contributed by atoms with Crippen LogP contribution in [-0.4, -0.2) is 47.8 Å². The molecule has 1 aromatic heterocycles. The van der Waals surface area contributed by atoms with E-state index in [0.717, 1.165) is 12.8 Å². The first kappa shape index (κ1) is 14.3. The Balaban J connectivity index is 1.80. The summed E-state index contributed by atoms with van der Waals surface area (Å²) in [5.74, 6) is -1.07. The lowest BCUT2D eigenvalue weighted by atomic mass is 10.1. The number of amides is 1. The molecule has 1 aliphatic heterocycles. The van der Waals surface area contributed by atoms with Gasteiger partial charge in [-0.2, -0.15) is 0 Å². The maximum atomic E-state index is 11.7. The van der Waals surface area contributed by atoms with Crippen LogP contribution in [-0.2, 0) is 9.53 Å². The molecule has 20 heavy (non-hydrogen) atoms. The van der Waals surface area contributed by atoms with Crippen LogP contribution in [0.15, 0.2) is 18.5 Å². The molecule has 1 aliphatic rings. The van der Waals surface area contributed by atoms with E-state index in [4.69, 9.17) is 14.6 Å². The summed E-state index contributed by atoms with van der Waals surface area (Å²) in [5.41, 5.74) is 0.0207. The minimum atomic E-state index is -1.09. The molecule has 2 heterocycles. The van der Waals surface area contributed by atoms with Crippen molar-refractivity contribution in [2.75, 3.05) is 19.8 Å². The van der Waals surface area contributed by atoms with Crippen molar-refractivity contribution in [3.05, 3.63) is 24.0 Å². The van der Waals surface area contributed by atoms with Crippen LogP contribution in [0.5, 0.6) is 5.75 Å². The number of hydrogen-bond acceptors (Lipinski definition) is 5. The number of pyridine rings is 1. The van der Waals surface area contributed by atoms with Gasteiger partial charge >= 0.3 is 5.97 Å². The maximum Gasteiger partial charge on any atom is 0.337 e. The van der Waals surface area contributed by atoms with Crippen LogP contribution in [0.2, 0.25) is 0 Å². The average molecular weight is 280 g/mol. The van der Waals surface area contributed by atoms with Crippen LogP contribution in [0.25, 0.3) is 0 Å². The molecule has 2 N–H and O–H groups in total. The highest BCUT2D eigenvalue weighted by atomic mass is 16.5. The quantitative estimate of drug-likeness (QED) is 0.813. The number of carboxylic acid groups (broad SMARTS) is 1. The molecule has 0 bridgehead atoms. The van der Waals surface area contributed by atoms with Crippen molar-refractivity contribution >= 4 is 11.9 Å². The van der Waals surface area contributed by atoms with Gasteiger partial charge < -0.3 is 19.9 Å². The Morgan fingerprint density at radius 3 is 2.85 bits per heavy atom. The van der Waals surface area contributed by atoms with Crippen molar-refractivity contribution in [1.29, 1.82) is 0 Å². The summed E-state index contributed by atoms with van der Waals surface area (Å²) < 4.78 is 10.4. The van der Waals surface area contributed by atoms with Crippen molar-refractivity contribution in [3.8, 4) is 5.75 Å². The standard InChI is InChI=1S/C13H16N2O5/c16-12(15-10-1-3-19-4-2-10)8-20-11-5-9(13(17)18)6-14-7-11/h5-7,10H,1-4,8H2,(H,15,16)(H,17,18). The number of carbonyl (C=O) groups is 2. The van der Waals surface area contributed by atoms with Crippen molar-refractivity contribution in [2.45, 2.75) is 18.9 Å². The highest BCUT2D eigenvalue weighted by Crippen LogP contribution is 2.11. The van der Waals surface area contributed by atoms with E-state index in [0.29, 0.717) is 13.2 Å². The molecule has 0 unspecified atom stereocenters. The average Bonchev–Trinajstić information content (AvgIpc) is 2.46. The SMILES string of the molecule is O=C(COc1cncc(C(=O)O)c1)NC1CCOCC1. The summed E-state index contributed by atoms with van der Waals surface area (Å²) in [4.78, 5) is 26.2. The molecule has 0 radical (unpaired) electrons. The number of rotatable bonds is 5. The smallest absolute Gasteiger partial charge is 0.337 e. The topological polar surface area (TPSA) is 97.8 Å². The van der Waals surface area contributed by atoms with E-state index >= 15 is 0 Å². The second-order valence-corrected chi connectivity index (χ2v) is 4.46. The number of nitrogens with zero attached hydrogens (tertiary/aromatic N) is 1. The van der Waals surface area contributed by atoms with Crippen LogP contribution < -0.4 is 10.1 Å². The third kappa shape index (κ3) is 4.20. The molecule has 7 heteroatoms. The predicted molar refractivity (Wildman–Crippen MR) is 68.7 cm³/mol. The molecule has 1 fully saturated rings. The lowest BCUT2D eigenvalue weighted by molar-refractivity contribution is -0.124. The fourth-order valence-electron chi connectivity index (χ4n) is 1.87. The van der Waals surface area contributed by atoms with E-state index in [1.807, 2.05) is 0 Å². The zero-order valence-corrected chi connectivity index (χ0v) is 10.9. The number of carbonyl (C=O) groups excluding carboxylic acids is 1. The monoisotopic (exact) mass is 280 g/mol. The first-order valence-electron chi connectivity index (χ1n) is 6.33. The van der Waals surface area contributed by atoms with Gasteiger partial charge in [-0.1, -0.05) is 0 Å². The molecular formula is C13H16N2O5. The zero-order valence-electron chi connectivity index (χ0n) is 10.9. The minimum Gasteiger partial charge on any atom is -0.482 e. The number of carboxylic acids is 1. The van der Waals surface area contributed by atoms with Crippen molar-refractivity contribution < 1.29 is 24.2 Å². The van der Waals surface area contributed by atoms with Gasteiger partial charge in [0.15, 0.2) is 6.61 Å². The molecule has 1 amide bonds. The molecule has 7 nitrogen and oxygen atoms in total. The minimum absolute atomic E-state index is 0.0207. The number of ether oxygens (including phenoxy) is 2. The summed E-state index contributed by atoms with van der Waals surface area (Å²) in [5, 5.41) is 11.7. The highest BCUT2D eigenvalue weighted by Gasteiger charge is 2.16. The van der Waals surface area contributed by atoms with Gasteiger partial charge in [0, 0.05) is 25.5 Å². The predicted octanol–water partition coefficient (Wildman–Crippen LogP) is 0.454. The second kappa shape index (κ2) is 6.85. The van der Waals surface area contributed by atoms with E-state index in [-0.39, 0.29) is 29.9 Å². The van der Waals surface area contributed by atoms with Gasteiger partial charge in [-0.25, -0.2) is 4.79 Å². The second-order valence-electron chi connectivity index (χ2n) is 4.46. The Morgan fingerprint density at radius 1 is 1.40 bits per heavy atom. The summed E-state index contributed by atoms with van der Waals surface area (Å²) in [6.45, 7) is 1.13. The van der Waals surface area contributed by atoms with Crippen molar-refractivity contribution in [1.82, 2.24) is 10.3 Å². The van der Waals surface area contributed by atoms with E-state index < -0.39 is 5.97 Å². The lowest BCUT2D eigenvalue weighted by Gasteiger charge is -2.23. The van der Waals surface area contributed by atoms with E-state index in [9.17, 15) is 9.59 Å². The summed E-state index contributed by atoms with van der Waals surface area (Å²) in [6.07, 6.45) is 4.18. The molecule has 108 valence electrons. The van der Waals surface area contributed by atoms with Gasteiger partial charge in [-0.05, 0) is 18.9 Å². The molecule has 0 saturated carbocycles.